The maximum Gasteiger partial charge on any atom is 0.295 e. The predicted octanol–water partition coefficient (Wildman–Crippen LogP) is 3.11. The van der Waals surface area contributed by atoms with Crippen molar-refractivity contribution in [3.8, 4) is 5.75 Å². The van der Waals surface area contributed by atoms with Gasteiger partial charge in [0.15, 0.2) is 10.9 Å². The van der Waals surface area contributed by atoms with Crippen LogP contribution in [0.1, 0.15) is 10.6 Å². The Labute approximate surface area is 144 Å². The van der Waals surface area contributed by atoms with Gasteiger partial charge < -0.3 is 14.1 Å². The molecule has 1 aromatic carbocycles. The maximum absolute atomic E-state index is 12.8. The van der Waals surface area contributed by atoms with Crippen LogP contribution in [0.15, 0.2) is 41.0 Å². The van der Waals surface area contributed by atoms with E-state index < -0.39 is 0 Å². The van der Waals surface area contributed by atoms with E-state index in [4.69, 9.17) is 9.15 Å². The molecule has 3 aromatic rings. The second-order valence-corrected chi connectivity index (χ2v) is 6.55. The standard InChI is InChI=1S/C17H19N3O3S/c1-19(2)9-10-20(16(21)13-7-5-11-23-13)17-18-15-12(22-3)6-4-8-14(15)24-17/h4-8,11H,9-10H2,1-3H3. The van der Waals surface area contributed by atoms with Gasteiger partial charge in [-0.3, -0.25) is 9.69 Å². The third-order valence-electron chi connectivity index (χ3n) is 3.57. The molecule has 2 aromatic heterocycles. The molecule has 126 valence electrons. The van der Waals surface area contributed by atoms with E-state index in [-0.39, 0.29) is 5.91 Å². The second-order valence-electron chi connectivity index (χ2n) is 5.54. The topological polar surface area (TPSA) is 58.8 Å². The van der Waals surface area contributed by atoms with Crippen molar-refractivity contribution in [2.45, 2.75) is 0 Å². The Morgan fingerprint density at radius 3 is 2.75 bits per heavy atom. The molecule has 0 saturated heterocycles. The number of fused-ring (bicyclic) bond motifs is 1. The van der Waals surface area contributed by atoms with E-state index >= 15 is 0 Å². The number of thiazole rings is 1. The van der Waals surface area contributed by atoms with Gasteiger partial charge in [-0.2, -0.15) is 0 Å². The van der Waals surface area contributed by atoms with Crippen LogP contribution in [-0.2, 0) is 0 Å². The molecule has 0 aliphatic rings. The largest absolute Gasteiger partial charge is 0.494 e. The van der Waals surface area contributed by atoms with Crippen molar-refractivity contribution in [3.63, 3.8) is 0 Å². The van der Waals surface area contributed by atoms with Gasteiger partial charge in [0.2, 0.25) is 0 Å². The third kappa shape index (κ3) is 3.27. The van der Waals surface area contributed by atoms with Gasteiger partial charge in [0, 0.05) is 13.1 Å². The number of amides is 1. The molecule has 0 unspecified atom stereocenters. The summed E-state index contributed by atoms with van der Waals surface area (Å²) in [5.41, 5.74) is 0.766. The zero-order chi connectivity index (χ0) is 17.1. The summed E-state index contributed by atoms with van der Waals surface area (Å²) in [7, 11) is 5.56. The molecular weight excluding hydrogens is 326 g/mol. The monoisotopic (exact) mass is 345 g/mol. The van der Waals surface area contributed by atoms with Crippen LogP contribution in [0.2, 0.25) is 0 Å². The predicted molar refractivity (Wildman–Crippen MR) is 95.1 cm³/mol. The first kappa shape index (κ1) is 16.5. The molecule has 0 aliphatic carbocycles. The van der Waals surface area contributed by atoms with E-state index in [2.05, 4.69) is 4.98 Å². The lowest BCUT2D eigenvalue weighted by Crippen LogP contribution is -2.36. The molecule has 0 radical (unpaired) electrons. The van der Waals surface area contributed by atoms with Crippen LogP contribution in [0.4, 0.5) is 5.13 Å². The molecule has 24 heavy (non-hydrogen) atoms. The molecule has 0 saturated carbocycles. The Balaban J connectivity index is 2.00. The summed E-state index contributed by atoms with van der Waals surface area (Å²) in [6.07, 6.45) is 1.50. The first-order valence-corrected chi connectivity index (χ1v) is 8.35. The molecule has 2 heterocycles. The van der Waals surface area contributed by atoms with E-state index in [0.29, 0.717) is 23.2 Å². The highest BCUT2D eigenvalue weighted by molar-refractivity contribution is 7.22. The van der Waals surface area contributed by atoms with Crippen LogP contribution in [0.25, 0.3) is 10.2 Å². The number of para-hydroxylation sites is 1. The molecule has 3 rings (SSSR count). The fourth-order valence-electron chi connectivity index (χ4n) is 2.31. The Bertz CT molecular complexity index is 827. The fraction of sp³-hybridized carbons (Fsp3) is 0.294. The highest BCUT2D eigenvalue weighted by Crippen LogP contribution is 2.34. The number of ether oxygens (including phenoxy) is 1. The lowest BCUT2D eigenvalue weighted by molar-refractivity contribution is 0.0958. The van der Waals surface area contributed by atoms with Crippen LogP contribution in [-0.4, -0.2) is 50.1 Å². The number of methoxy groups -OCH3 is 1. The van der Waals surface area contributed by atoms with Gasteiger partial charge in [-0.05, 0) is 38.4 Å². The number of anilines is 1. The number of rotatable bonds is 6. The first-order valence-electron chi connectivity index (χ1n) is 7.54. The van der Waals surface area contributed by atoms with Gasteiger partial charge in [-0.25, -0.2) is 4.98 Å². The number of hydrogen-bond acceptors (Lipinski definition) is 6. The highest BCUT2D eigenvalue weighted by Gasteiger charge is 2.23. The van der Waals surface area contributed by atoms with E-state index in [1.54, 1.807) is 24.1 Å². The molecule has 0 fully saturated rings. The van der Waals surface area contributed by atoms with Crippen LogP contribution < -0.4 is 9.64 Å². The summed E-state index contributed by atoms with van der Waals surface area (Å²) in [4.78, 5) is 21.1. The normalized spacial score (nSPS) is 11.2. The summed E-state index contributed by atoms with van der Waals surface area (Å²) in [5.74, 6) is 0.813. The Morgan fingerprint density at radius 1 is 1.25 bits per heavy atom. The van der Waals surface area contributed by atoms with Crippen molar-refractivity contribution >= 4 is 32.6 Å². The number of carbonyl (C=O) groups is 1. The average Bonchev–Trinajstić information content (AvgIpc) is 3.23. The fourth-order valence-corrected chi connectivity index (χ4v) is 3.32. The van der Waals surface area contributed by atoms with Crippen molar-refractivity contribution in [3.05, 3.63) is 42.4 Å². The lowest BCUT2D eigenvalue weighted by Gasteiger charge is -2.20. The van der Waals surface area contributed by atoms with Gasteiger partial charge in [-0.15, -0.1) is 0 Å². The lowest BCUT2D eigenvalue weighted by atomic mass is 10.3. The van der Waals surface area contributed by atoms with Gasteiger partial charge in [-0.1, -0.05) is 17.4 Å². The number of aromatic nitrogens is 1. The molecule has 0 spiro atoms. The van der Waals surface area contributed by atoms with Crippen LogP contribution in [0.5, 0.6) is 5.75 Å². The maximum atomic E-state index is 12.8. The van der Waals surface area contributed by atoms with Crippen molar-refractivity contribution < 1.29 is 13.9 Å². The number of carbonyl (C=O) groups excluding carboxylic acids is 1. The highest BCUT2D eigenvalue weighted by atomic mass is 32.1. The molecule has 1 amide bonds. The molecule has 0 N–H and O–H groups in total. The molecule has 7 heteroatoms. The quantitative estimate of drug-likeness (QED) is 0.687. The van der Waals surface area contributed by atoms with Crippen LogP contribution in [0.3, 0.4) is 0 Å². The van der Waals surface area contributed by atoms with E-state index in [9.17, 15) is 4.79 Å². The van der Waals surface area contributed by atoms with E-state index in [1.807, 2.05) is 37.2 Å². The van der Waals surface area contributed by atoms with Crippen molar-refractivity contribution in [1.29, 1.82) is 0 Å². The van der Waals surface area contributed by atoms with Crippen LogP contribution >= 0.6 is 11.3 Å². The third-order valence-corrected chi connectivity index (χ3v) is 4.61. The Morgan fingerprint density at radius 2 is 2.08 bits per heavy atom. The summed E-state index contributed by atoms with van der Waals surface area (Å²) in [6.45, 7) is 1.24. The Kier molecular flexibility index (Phi) is 4.82. The van der Waals surface area contributed by atoms with Crippen molar-refractivity contribution in [2.24, 2.45) is 0 Å². The molecule has 0 atom stereocenters. The zero-order valence-corrected chi connectivity index (χ0v) is 14.7. The SMILES string of the molecule is COc1cccc2sc(N(CCN(C)C)C(=O)c3ccco3)nc12. The minimum atomic E-state index is -0.195. The number of benzene rings is 1. The number of likely N-dealkylation sites (N-methyl/N-ethyl adjacent to an activating group) is 1. The minimum absolute atomic E-state index is 0.195. The van der Waals surface area contributed by atoms with Crippen molar-refractivity contribution in [2.75, 3.05) is 39.2 Å². The number of nitrogens with zero attached hydrogens (tertiary/aromatic N) is 3. The summed E-state index contributed by atoms with van der Waals surface area (Å²) in [5, 5.41) is 0.637. The minimum Gasteiger partial charge on any atom is -0.494 e. The summed E-state index contributed by atoms with van der Waals surface area (Å²) >= 11 is 1.47. The zero-order valence-electron chi connectivity index (χ0n) is 13.9. The van der Waals surface area contributed by atoms with E-state index in [0.717, 1.165) is 16.8 Å². The average molecular weight is 345 g/mol. The first-order chi connectivity index (χ1) is 11.6. The van der Waals surface area contributed by atoms with Crippen LogP contribution in [0, 0.1) is 0 Å². The van der Waals surface area contributed by atoms with E-state index in [1.165, 1.54) is 17.6 Å². The summed E-state index contributed by atoms with van der Waals surface area (Å²) in [6, 6.07) is 9.13. The van der Waals surface area contributed by atoms with Gasteiger partial charge in [0.05, 0.1) is 18.1 Å². The molecule has 0 bridgehead atoms. The molecular formula is C17H19N3O3S. The molecule has 6 nitrogen and oxygen atoms in total. The Hall–Kier alpha value is -2.38. The van der Waals surface area contributed by atoms with Gasteiger partial charge in [0.25, 0.3) is 5.91 Å². The smallest absolute Gasteiger partial charge is 0.295 e. The van der Waals surface area contributed by atoms with Gasteiger partial charge in [0.1, 0.15) is 11.3 Å². The number of furan rings is 1. The summed E-state index contributed by atoms with van der Waals surface area (Å²) < 4.78 is 11.6. The van der Waals surface area contributed by atoms with Gasteiger partial charge >= 0.3 is 0 Å². The van der Waals surface area contributed by atoms with Crippen molar-refractivity contribution in [1.82, 2.24) is 9.88 Å². The number of hydrogen-bond donors (Lipinski definition) is 0. The second kappa shape index (κ2) is 7.02. The molecule has 0 aliphatic heterocycles.